The Kier molecular flexibility index (Phi) is 6.70. The molecule has 1 saturated heterocycles. The molecular formula is C17H27N3O. The second-order valence-corrected chi connectivity index (χ2v) is 5.86. The molecule has 1 aromatic rings. The fraction of sp³-hybridized carbons (Fsp3) is 0.588. The van der Waals surface area contributed by atoms with Gasteiger partial charge in [-0.3, -0.25) is 9.69 Å². The van der Waals surface area contributed by atoms with Crippen molar-refractivity contribution in [3.05, 3.63) is 30.3 Å². The van der Waals surface area contributed by atoms with Crippen molar-refractivity contribution in [2.45, 2.75) is 26.2 Å². The van der Waals surface area contributed by atoms with Crippen LogP contribution in [0, 0.1) is 5.92 Å². The summed E-state index contributed by atoms with van der Waals surface area (Å²) < 4.78 is 0. The molecule has 2 N–H and O–H groups in total. The first kappa shape index (κ1) is 16.0. The topological polar surface area (TPSA) is 44.4 Å². The van der Waals surface area contributed by atoms with Gasteiger partial charge in [-0.25, -0.2) is 0 Å². The van der Waals surface area contributed by atoms with Crippen LogP contribution in [0.3, 0.4) is 0 Å². The summed E-state index contributed by atoms with van der Waals surface area (Å²) in [6.45, 7) is 6.88. The van der Waals surface area contributed by atoms with Gasteiger partial charge < -0.3 is 10.6 Å². The second-order valence-electron chi connectivity index (χ2n) is 5.86. The molecule has 4 heteroatoms. The minimum atomic E-state index is 0.0819. The standard InChI is InChI=1S/C17H27N3O/c1-2-11-20(13-15-7-6-10-18-12-15)14-17(21)19-16-8-4-3-5-9-16/h3-5,8-9,15,18H,2,6-7,10-14H2,1H3,(H,19,21). The lowest BCUT2D eigenvalue weighted by molar-refractivity contribution is -0.117. The molecule has 1 aliphatic rings. The Morgan fingerprint density at radius 3 is 2.86 bits per heavy atom. The molecular weight excluding hydrogens is 262 g/mol. The van der Waals surface area contributed by atoms with E-state index in [1.54, 1.807) is 0 Å². The van der Waals surface area contributed by atoms with E-state index in [1.165, 1.54) is 12.8 Å². The molecule has 1 aliphatic heterocycles. The SMILES string of the molecule is CCCN(CC(=O)Nc1ccccc1)CC1CCCNC1. The number of nitrogens with zero attached hydrogens (tertiary/aromatic N) is 1. The molecule has 1 aromatic carbocycles. The van der Waals surface area contributed by atoms with Crippen molar-refractivity contribution in [2.75, 3.05) is 38.0 Å². The zero-order valence-corrected chi connectivity index (χ0v) is 13.0. The molecule has 21 heavy (non-hydrogen) atoms. The summed E-state index contributed by atoms with van der Waals surface area (Å²) in [7, 11) is 0. The van der Waals surface area contributed by atoms with Crippen molar-refractivity contribution in [1.29, 1.82) is 0 Å². The monoisotopic (exact) mass is 289 g/mol. The van der Waals surface area contributed by atoms with Crippen LogP contribution in [-0.4, -0.2) is 43.5 Å². The van der Waals surface area contributed by atoms with Crippen LogP contribution in [0.2, 0.25) is 0 Å². The van der Waals surface area contributed by atoms with E-state index in [1.807, 2.05) is 30.3 Å². The van der Waals surface area contributed by atoms with Crippen molar-refractivity contribution >= 4 is 11.6 Å². The number of para-hydroxylation sites is 1. The predicted octanol–water partition coefficient (Wildman–Crippen LogP) is 2.34. The largest absolute Gasteiger partial charge is 0.325 e. The van der Waals surface area contributed by atoms with E-state index in [2.05, 4.69) is 22.5 Å². The van der Waals surface area contributed by atoms with E-state index in [0.29, 0.717) is 12.5 Å². The van der Waals surface area contributed by atoms with Gasteiger partial charge in [0.25, 0.3) is 0 Å². The first-order valence-electron chi connectivity index (χ1n) is 8.06. The Morgan fingerprint density at radius 2 is 2.19 bits per heavy atom. The number of amides is 1. The number of carbonyl (C=O) groups is 1. The average Bonchev–Trinajstić information content (AvgIpc) is 2.49. The average molecular weight is 289 g/mol. The number of hydrogen-bond donors (Lipinski definition) is 2. The number of nitrogens with one attached hydrogen (secondary N) is 2. The molecule has 0 saturated carbocycles. The number of benzene rings is 1. The van der Waals surface area contributed by atoms with Gasteiger partial charge in [-0.2, -0.15) is 0 Å². The van der Waals surface area contributed by atoms with Gasteiger partial charge in [0, 0.05) is 12.2 Å². The lowest BCUT2D eigenvalue weighted by atomic mass is 9.99. The smallest absolute Gasteiger partial charge is 0.238 e. The maximum absolute atomic E-state index is 12.2. The third-order valence-corrected chi connectivity index (χ3v) is 3.88. The molecule has 0 radical (unpaired) electrons. The van der Waals surface area contributed by atoms with Crippen molar-refractivity contribution in [3.8, 4) is 0 Å². The Bertz CT molecular complexity index is 415. The summed E-state index contributed by atoms with van der Waals surface area (Å²) in [5.41, 5.74) is 0.873. The highest BCUT2D eigenvalue weighted by molar-refractivity contribution is 5.92. The van der Waals surface area contributed by atoms with E-state index in [0.717, 1.165) is 38.3 Å². The third-order valence-electron chi connectivity index (χ3n) is 3.88. The van der Waals surface area contributed by atoms with Gasteiger partial charge in [-0.1, -0.05) is 25.1 Å². The van der Waals surface area contributed by atoms with Crippen LogP contribution in [0.25, 0.3) is 0 Å². The van der Waals surface area contributed by atoms with E-state index in [9.17, 15) is 4.79 Å². The third kappa shape index (κ3) is 5.86. The summed E-state index contributed by atoms with van der Waals surface area (Å²) >= 11 is 0. The van der Waals surface area contributed by atoms with E-state index in [4.69, 9.17) is 0 Å². The summed E-state index contributed by atoms with van der Waals surface area (Å²) in [4.78, 5) is 14.5. The Labute approximate surface area is 127 Å². The van der Waals surface area contributed by atoms with Gasteiger partial charge in [0.1, 0.15) is 0 Å². The van der Waals surface area contributed by atoms with Gasteiger partial charge in [-0.15, -0.1) is 0 Å². The van der Waals surface area contributed by atoms with Crippen molar-refractivity contribution in [3.63, 3.8) is 0 Å². The van der Waals surface area contributed by atoms with Gasteiger partial charge in [-0.05, 0) is 56.9 Å². The maximum Gasteiger partial charge on any atom is 0.238 e. The van der Waals surface area contributed by atoms with Crippen LogP contribution in [0.15, 0.2) is 30.3 Å². The second kappa shape index (κ2) is 8.80. The summed E-state index contributed by atoms with van der Waals surface area (Å²) in [6, 6.07) is 9.68. The van der Waals surface area contributed by atoms with Crippen LogP contribution >= 0.6 is 0 Å². The molecule has 1 atom stereocenters. The maximum atomic E-state index is 12.2. The minimum Gasteiger partial charge on any atom is -0.325 e. The molecule has 1 heterocycles. The lowest BCUT2D eigenvalue weighted by Crippen LogP contribution is -2.41. The molecule has 1 unspecified atom stereocenters. The highest BCUT2D eigenvalue weighted by Gasteiger charge is 2.18. The normalized spacial score (nSPS) is 18.7. The van der Waals surface area contributed by atoms with Gasteiger partial charge in [0.15, 0.2) is 0 Å². The van der Waals surface area contributed by atoms with Crippen molar-refractivity contribution in [1.82, 2.24) is 10.2 Å². The first-order valence-corrected chi connectivity index (χ1v) is 8.06. The zero-order valence-electron chi connectivity index (χ0n) is 13.0. The van der Waals surface area contributed by atoms with Gasteiger partial charge >= 0.3 is 0 Å². The molecule has 4 nitrogen and oxygen atoms in total. The molecule has 0 spiro atoms. The molecule has 0 aliphatic carbocycles. The lowest BCUT2D eigenvalue weighted by Gasteiger charge is -2.29. The van der Waals surface area contributed by atoms with E-state index >= 15 is 0 Å². The van der Waals surface area contributed by atoms with Crippen molar-refractivity contribution in [2.24, 2.45) is 5.92 Å². The highest BCUT2D eigenvalue weighted by atomic mass is 16.2. The quantitative estimate of drug-likeness (QED) is 0.810. The number of hydrogen-bond acceptors (Lipinski definition) is 3. The van der Waals surface area contributed by atoms with Crippen LogP contribution in [0.1, 0.15) is 26.2 Å². The first-order chi connectivity index (χ1) is 10.3. The number of carbonyl (C=O) groups excluding carboxylic acids is 1. The van der Waals surface area contributed by atoms with E-state index < -0.39 is 0 Å². The molecule has 1 fully saturated rings. The Morgan fingerprint density at radius 1 is 1.38 bits per heavy atom. The summed E-state index contributed by atoms with van der Waals surface area (Å²) in [6.07, 6.45) is 3.60. The van der Waals surface area contributed by atoms with Crippen LogP contribution in [-0.2, 0) is 4.79 Å². The number of anilines is 1. The van der Waals surface area contributed by atoms with Crippen LogP contribution in [0.4, 0.5) is 5.69 Å². The molecule has 0 bridgehead atoms. The fourth-order valence-electron chi connectivity index (χ4n) is 2.92. The number of piperidine rings is 1. The highest BCUT2D eigenvalue weighted by Crippen LogP contribution is 2.12. The summed E-state index contributed by atoms with van der Waals surface area (Å²) in [5.74, 6) is 0.758. The Hall–Kier alpha value is -1.39. The minimum absolute atomic E-state index is 0.0819. The molecule has 2 rings (SSSR count). The predicted molar refractivity (Wildman–Crippen MR) is 87.4 cm³/mol. The molecule has 1 amide bonds. The fourth-order valence-corrected chi connectivity index (χ4v) is 2.92. The summed E-state index contributed by atoms with van der Waals surface area (Å²) in [5, 5.41) is 6.42. The van der Waals surface area contributed by atoms with Crippen molar-refractivity contribution < 1.29 is 4.79 Å². The van der Waals surface area contributed by atoms with E-state index in [-0.39, 0.29) is 5.91 Å². The number of rotatable bonds is 7. The zero-order chi connectivity index (χ0) is 14.9. The molecule has 0 aromatic heterocycles. The van der Waals surface area contributed by atoms with Crippen LogP contribution < -0.4 is 10.6 Å². The van der Waals surface area contributed by atoms with Crippen LogP contribution in [0.5, 0.6) is 0 Å². The van der Waals surface area contributed by atoms with Gasteiger partial charge in [0.05, 0.1) is 6.54 Å². The van der Waals surface area contributed by atoms with Gasteiger partial charge in [0.2, 0.25) is 5.91 Å². The molecule has 116 valence electrons. The Balaban J connectivity index is 1.81.